The van der Waals surface area contributed by atoms with Crippen LogP contribution in [0.2, 0.25) is 0 Å². The summed E-state index contributed by atoms with van der Waals surface area (Å²) in [4.78, 5) is 20.9. The fourth-order valence-corrected chi connectivity index (χ4v) is 3.16. The molecule has 0 bridgehead atoms. The number of para-hydroxylation sites is 1. The lowest BCUT2D eigenvalue weighted by atomic mass is 9.86. The highest BCUT2D eigenvalue weighted by Gasteiger charge is 2.23. The number of benzene rings is 1. The molecule has 1 saturated heterocycles. The van der Waals surface area contributed by atoms with Gasteiger partial charge in [-0.1, -0.05) is 39.0 Å². The number of amides is 2. The molecule has 5 nitrogen and oxygen atoms in total. The number of nitrogens with zero attached hydrogens (tertiary/aromatic N) is 3. The molecule has 0 spiro atoms. The Morgan fingerprint density at radius 1 is 1.00 bits per heavy atom. The van der Waals surface area contributed by atoms with Crippen LogP contribution in [0, 0.1) is 0 Å². The van der Waals surface area contributed by atoms with E-state index in [-0.39, 0.29) is 11.4 Å². The van der Waals surface area contributed by atoms with Crippen LogP contribution in [0.5, 0.6) is 0 Å². The Morgan fingerprint density at radius 3 is 2.28 bits per heavy atom. The first kappa shape index (κ1) is 17.3. The van der Waals surface area contributed by atoms with Gasteiger partial charge in [-0.15, -0.1) is 0 Å². The lowest BCUT2D eigenvalue weighted by Gasteiger charge is -2.36. The average molecular weight is 338 g/mol. The molecule has 0 atom stereocenters. The van der Waals surface area contributed by atoms with E-state index >= 15 is 0 Å². The van der Waals surface area contributed by atoms with Crippen LogP contribution in [-0.2, 0) is 5.41 Å². The molecule has 2 heterocycles. The van der Waals surface area contributed by atoms with Crippen LogP contribution in [0.3, 0.4) is 0 Å². The fraction of sp³-hybridized carbons (Fsp3) is 0.400. The third kappa shape index (κ3) is 4.10. The number of aromatic nitrogens is 1. The molecule has 1 fully saturated rings. The molecule has 2 amide bonds. The van der Waals surface area contributed by atoms with E-state index in [9.17, 15) is 4.79 Å². The van der Waals surface area contributed by atoms with E-state index in [2.05, 4.69) is 42.0 Å². The summed E-state index contributed by atoms with van der Waals surface area (Å²) >= 11 is 0. The minimum atomic E-state index is -0.0221. The van der Waals surface area contributed by atoms with Crippen molar-refractivity contribution in [3.8, 4) is 0 Å². The topological polar surface area (TPSA) is 48.5 Å². The zero-order valence-corrected chi connectivity index (χ0v) is 15.2. The normalized spacial score (nSPS) is 15.2. The van der Waals surface area contributed by atoms with Crippen LogP contribution in [0.15, 0.2) is 48.8 Å². The molecular formula is C20H26N4O. The van der Waals surface area contributed by atoms with Crippen LogP contribution >= 0.6 is 0 Å². The van der Waals surface area contributed by atoms with Gasteiger partial charge in [0.1, 0.15) is 0 Å². The molecule has 3 rings (SSSR count). The van der Waals surface area contributed by atoms with Gasteiger partial charge >= 0.3 is 6.03 Å². The van der Waals surface area contributed by atoms with E-state index in [1.165, 1.54) is 0 Å². The van der Waals surface area contributed by atoms with Crippen LogP contribution in [0.1, 0.15) is 26.3 Å². The van der Waals surface area contributed by atoms with E-state index in [0.29, 0.717) is 13.1 Å². The van der Waals surface area contributed by atoms with Gasteiger partial charge in [0.05, 0.1) is 0 Å². The molecule has 1 aliphatic heterocycles. The monoisotopic (exact) mass is 338 g/mol. The standard InChI is InChI=1S/C20H26N4O/c1-20(2,3)17-6-4-5-7-18(17)22-19(25)24-14-12-23(13-15-24)16-8-10-21-11-9-16/h4-11H,12-15H2,1-3H3,(H,22,25). The zero-order valence-electron chi connectivity index (χ0n) is 15.2. The summed E-state index contributed by atoms with van der Waals surface area (Å²) in [5.74, 6) is 0. The number of anilines is 2. The van der Waals surface area contributed by atoms with E-state index in [4.69, 9.17) is 0 Å². The summed E-state index contributed by atoms with van der Waals surface area (Å²) in [6.07, 6.45) is 3.61. The molecule has 5 heteroatoms. The number of urea groups is 1. The molecule has 0 saturated carbocycles. The molecule has 0 radical (unpaired) electrons. The third-order valence-electron chi connectivity index (χ3n) is 4.57. The Balaban J connectivity index is 1.63. The summed E-state index contributed by atoms with van der Waals surface area (Å²) in [7, 11) is 0. The van der Waals surface area contributed by atoms with E-state index in [0.717, 1.165) is 30.0 Å². The van der Waals surface area contributed by atoms with E-state index < -0.39 is 0 Å². The van der Waals surface area contributed by atoms with Crippen molar-refractivity contribution in [2.75, 3.05) is 36.4 Å². The highest BCUT2D eigenvalue weighted by molar-refractivity contribution is 5.90. The molecule has 0 unspecified atom stereocenters. The molecular weight excluding hydrogens is 312 g/mol. The fourth-order valence-electron chi connectivity index (χ4n) is 3.16. The van der Waals surface area contributed by atoms with Crippen LogP contribution in [-0.4, -0.2) is 42.1 Å². The second-order valence-corrected chi connectivity index (χ2v) is 7.41. The first-order chi connectivity index (χ1) is 11.9. The SMILES string of the molecule is CC(C)(C)c1ccccc1NC(=O)N1CCN(c2ccncc2)CC1. The van der Waals surface area contributed by atoms with E-state index in [1.54, 1.807) is 12.4 Å². The first-order valence-corrected chi connectivity index (χ1v) is 8.75. The quantitative estimate of drug-likeness (QED) is 0.907. The van der Waals surface area contributed by atoms with Gasteiger partial charge in [0.25, 0.3) is 0 Å². The highest BCUT2D eigenvalue weighted by Crippen LogP contribution is 2.29. The lowest BCUT2D eigenvalue weighted by Crippen LogP contribution is -2.50. The van der Waals surface area contributed by atoms with Gasteiger partial charge in [-0.25, -0.2) is 4.79 Å². The maximum absolute atomic E-state index is 12.7. The van der Waals surface area contributed by atoms with Crippen LogP contribution in [0.25, 0.3) is 0 Å². The minimum absolute atomic E-state index is 0.0100. The molecule has 1 aromatic carbocycles. The van der Waals surface area contributed by atoms with Crippen molar-refractivity contribution in [3.05, 3.63) is 54.4 Å². The Bertz CT molecular complexity index is 716. The van der Waals surface area contributed by atoms with Crippen molar-refractivity contribution < 1.29 is 4.79 Å². The van der Waals surface area contributed by atoms with Gasteiger partial charge in [0.2, 0.25) is 0 Å². The van der Waals surface area contributed by atoms with Crippen molar-refractivity contribution in [2.45, 2.75) is 26.2 Å². The van der Waals surface area contributed by atoms with Gasteiger partial charge in [-0.05, 0) is 29.2 Å². The number of hydrogen-bond acceptors (Lipinski definition) is 3. The first-order valence-electron chi connectivity index (χ1n) is 8.75. The van der Waals surface area contributed by atoms with Crippen molar-refractivity contribution in [1.29, 1.82) is 0 Å². The number of carbonyl (C=O) groups is 1. The van der Waals surface area contributed by atoms with Crippen molar-refractivity contribution in [3.63, 3.8) is 0 Å². The smallest absolute Gasteiger partial charge is 0.321 e. The number of rotatable bonds is 2. The third-order valence-corrected chi connectivity index (χ3v) is 4.57. The summed E-state index contributed by atoms with van der Waals surface area (Å²) in [6.45, 7) is 9.57. The molecule has 132 valence electrons. The molecule has 2 aromatic rings. The molecule has 0 aliphatic carbocycles. The molecule has 1 N–H and O–H groups in total. The minimum Gasteiger partial charge on any atom is -0.368 e. The Morgan fingerprint density at radius 2 is 1.64 bits per heavy atom. The van der Waals surface area contributed by atoms with Gasteiger partial charge in [0, 0.05) is 49.9 Å². The largest absolute Gasteiger partial charge is 0.368 e. The molecule has 1 aliphatic rings. The maximum atomic E-state index is 12.7. The Kier molecular flexibility index (Phi) is 4.93. The number of piperazine rings is 1. The van der Waals surface area contributed by atoms with Crippen LogP contribution < -0.4 is 10.2 Å². The second-order valence-electron chi connectivity index (χ2n) is 7.41. The highest BCUT2D eigenvalue weighted by atomic mass is 16.2. The Hall–Kier alpha value is -2.56. The van der Waals surface area contributed by atoms with Crippen molar-refractivity contribution in [1.82, 2.24) is 9.88 Å². The summed E-state index contributed by atoms with van der Waals surface area (Å²) in [5, 5.41) is 3.10. The van der Waals surface area contributed by atoms with Gasteiger partial charge in [-0.3, -0.25) is 4.98 Å². The summed E-state index contributed by atoms with van der Waals surface area (Å²) < 4.78 is 0. The predicted molar refractivity (Wildman–Crippen MR) is 102 cm³/mol. The number of pyridine rings is 1. The van der Waals surface area contributed by atoms with Crippen LogP contribution in [0.4, 0.5) is 16.2 Å². The van der Waals surface area contributed by atoms with Crippen molar-refractivity contribution in [2.24, 2.45) is 0 Å². The van der Waals surface area contributed by atoms with Gasteiger partial charge in [-0.2, -0.15) is 0 Å². The molecule has 1 aromatic heterocycles. The second kappa shape index (κ2) is 7.13. The lowest BCUT2D eigenvalue weighted by molar-refractivity contribution is 0.208. The van der Waals surface area contributed by atoms with E-state index in [1.807, 2.05) is 35.2 Å². The maximum Gasteiger partial charge on any atom is 0.321 e. The number of hydrogen-bond donors (Lipinski definition) is 1. The van der Waals surface area contributed by atoms with Crippen molar-refractivity contribution >= 4 is 17.4 Å². The summed E-state index contributed by atoms with van der Waals surface area (Å²) in [6, 6.07) is 12.0. The predicted octanol–water partition coefficient (Wildman–Crippen LogP) is 3.73. The Labute approximate surface area is 149 Å². The number of carbonyl (C=O) groups excluding carboxylic acids is 1. The average Bonchev–Trinajstić information content (AvgIpc) is 2.62. The summed E-state index contributed by atoms with van der Waals surface area (Å²) in [5.41, 5.74) is 3.20. The molecule has 25 heavy (non-hydrogen) atoms. The number of nitrogens with one attached hydrogen (secondary N) is 1. The van der Waals surface area contributed by atoms with Gasteiger partial charge in [0.15, 0.2) is 0 Å². The zero-order chi connectivity index (χ0) is 17.9. The van der Waals surface area contributed by atoms with Gasteiger partial charge < -0.3 is 15.1 Å².